The zero-order valence-corrected chi connectivity index (χ0v) is 12.0. The third-order valence-electron chi connectivity index (χ3n) is 3.00. The smallest absolute Gasteiger partial charge is 0.410 e. The Hall–Kier alpha value is -1.56. The summed E-state index contributed by atoms with van der Waals surface area (Å²) in [5, 5.41) is 3.38. The molecular weight excluding hydrogens is 244 g/mol. The highest BCUT2D eigenvalue weighted by Gasteiger charge is 2.29. The van der Waals surface area contributed by atoms with Crippen molar-refractivity contribution in [1.82, 2.24) is 19.8 Å². The number of aromatic nitrogens is 2. The molecule has 19 heavy (non-hydrogen) atoms. The minimum Gasteiger partial charge on any atom is -0.444 e. The first-order chi connectivity index (χ1) is 8.87. The summed E-state index contributed by atoms with van der Waals surface area (Å²) in [7, 11) is 1.95. The van der Waals surface area contributed by atoms with Crippen molar-refractivity contribution in [1.29, 1.82) is 0 Å². The van der Waals surface area contributed by atoms with Gasteiger partial charge >= 0.3 is 6.09 Å². The lowest BCUT2D eigenvalue weighted by Crippen LogP contribution is -2.50. The molecule has 1 aliphatic rings. The number of amides is 1. The summed E-state index contributed by atoms with van der Waals surface area (Å²) in [6.45, 7) is 7.63. The Morgan fingerprint density at radius 2 is 2.26 bits per heavy atom. The first-order valence-electron chi connectivity index (χ1n) is 6.55. The molecule has 0 unspecified atom stereocenters. The summed E-state index contributed by atoms with van der Waals surface area (Å²) in [5.74, 6) is 0.938. The number of ether oxygens (including phenoxy) is 1. The maximum Gasteiger partial charge on any atom is 0.410 e. The van der Waals surface area contributed by atoms with E-state index in [1.807, 2.05) is 38.6 Å². The predicted octanol–water partition coefficient (Wildman–Crippen LogP) is 1.30. The van der Waals surface area contributed by atoms with Crippen LogP contribution in [0.15, 0.2) is 12.4 Å². The zero-order valence-electron chi connectivity index (χ0n) is 12.0. The highest BCUT2D eigenvalue weighted by molar-refractivity contribution is 5.68. The van der Waals surface area contributed by atoms with Gasteiger partial charge in [-0.25, -0.2) is 9.78 Å². The van der Waals surface area contributed by atoms with Gasteiger partial charge in [-0.2, -0.15) is 0 Å². The molecule has 1 aromatic rings. The Labute approximate surface area is 113 Å². The van der Waals surface area contributed by atoms with Gasteiger partial charge in [-0.3, -0.25) is 0 Å². The van der Waals surface area contributed by atoms with Crippen LogP contribution in [-0.4, -0.2) is 45.8 Å². The van der Waals surface area contributed by atoms with E-state index in [1.54, 1.807) is 11.1 Å². The van der Waals surface area contributed by atoms with E-state index in [2.05, 4.69) is 10.3 Å². The van der Waals surface area contributed by atoms with Gasteiger partial charge in [-0.1, -0.05) is 0 Å². The Kier molecular flexibility index (Phi) is 3.80. The number of aryl methyl sites for hydroxylation is 1. The second-order valence-electron chi connectivity index (χ2n) is 5.83. The van der Waals surface area contributed by atoms with Crippen molar-refractivity contribution in [2.45, 2.75) is 32.4 Å². The highest BCUT2D eigenvalue weighted by Crippen LogP contribution is 2.17. The average Bonchev–Trinajstić information content (AvgIpc) is 2.73. The highest BCUT2D eigenvalue weighted by atomic mass is 16.6. The maximum absolute atomic E-state index is 12.1. The SMILES string of the molecule is Cn1ccnc1[C@@H]1CN(C(=O)OC(C)(C)C)CCN1. The van der Waals surface area contributed by atoms with Gasteiger partial charge in [0.15, 0.2) is 0 Å². The lowest BCUT2D eigenvalue weighted by Gasteiger charge is -2.34. The van der Waals surface area contributed by atoms with Gasteiger partial charge in [0.2, 0.25) is 0 Å². The van der Waals surface area contributed by atoms with Crippen LogP contribution in [0.3, 0.4) is 0 Å². The summed E-state index contributed by atoms with van der Waals surface area (Å²) < 4.78 is 7.37. The third kappa shape index (κ3) is 3.47. The fourth-order valence-corrected chi connectivity index (χ4v) is 2.13. The zero-order chi connectivity index (χ0) is 14.0. The van der Waals surface area contributed by atoms with Gasteiger partial charge in [-0.15, -0.1) is 0 Å². The van der Waals surface area contributed by atoms with E-state index in [-0.39, 0.29) is 12.1 Å². The van der Waals surface area contributed by atoms with E-state index >= 15 is 0 Å². The topological polar surface area (TPSA) is 59.4 Å². The molecular formula is C13H22N4O2. The van der Waals surface area contributed by atoms with Crippen LogP contribution >= 0.6 is 0 Å². The summed E-state index contributed by atoms with van der Waals surface area (Å²) >= 11 is 0. The molecule has 0 radical (unpaired) electrons. The molecule has 0 aliphatic carbocycles. The molecule has 106 valence electrons. The number of rotatable bonds is 1. The molecule has 0 saturated carbocycles. The summed E-state index contributed by atoms with van der Waals surface area (Å²) in [6, 6.07) is 0.0567. The Morgan fingerprint density at radius 1 is 1.53 bits per heavy atom. The van der Waals surface area contributed by atoms with Crippen LogP contribution in [0.4, 0.5) is 4.79 Å². The molecule has 0 aromatic carbocycles. The molecule has 1 aromatic heterocycles. The number of piperazine rings is 1. The standard InChI is InChI=1S/C13H22N4O2/c1-13(2,3)19-12(18)17-8-6-14-10(9-17)11-15-5-7-16(11)4/h5,7,10,14H,6,8-9H2,1-4H3/t10-/m0/s1. The molecule has 1 N–H and O–H groups in total. The van der Waals surface area contributed by atoms with Crippen LogP contribution in [0.2, 0.25) is 0 Å². The Bertz CT molecular complexity index is 450. The van der Waals surface area contributed by atoms with Gasteiger partial charge in [-0.05, 0) is 20.8 Å². The van der Waals surface area contributed by atoms with E-state index < -0.39 is 5.60 Å². The monoisotopic (exact) mass is 266 g/mol. The number of hydrogen-bond donors (Lipinski definition) is 1. The van der Waals surface area contributed by atoms with Gasteiger partial charge < -0.3 is 19.5 Å². The van der Waals surface area contributed by atoms with Crippen molar-refractivity contribution < 1.29 is 9.53 Å². The van der Waals surface area contributed by atoms with Crippen LogP contribution < -0.4 is 5.32 Å². The fraction of sp³-hybridized carbons (Fsp3) is 0.692. The van der Waals surface area contributed by atoms with E-state index in [9.17, 15) is 4.79 Å². The first-order valence-corrected chi connectivity index (χ1v) is 6.55. The third-order valence-corrected chi connectivity index (χ3v) is 3.00. The Balaban J connectivity index is 2.01. The molecule has 1 aliphatic heterocycles. The van der Waals surface area contributed by atoms with Crippen LogP contribution in [-0.2, 0) is 11.8 Å². The summed E-state index contributed by atoms with van der Waals surface area (Å²) in [6.07, 6.45) is 3.42. The number of carbonyl (C=O) groups excluding carboxylic acids is 1. The quantitative estimate of drug-likeness (QED) is 0.832. The molecule has 1 atom stereocenters. The van der Waals surface area contributed by atoms with Crippen LogP contribution in [0.1, 0.15) is 32.6 Å². The van der Waals surface area contributed by atoms with Crippen LogP contribution in [0, 0.1) is 0 Å². The van der Waals surface area contributed by atoms with Crippen LogP contribution in [0.5, 0.6) is 0 Å². The van der Waals surface area contributed by atoms with E-state index in [0.717, 1.165) is 12.4 Å². The molecule has 1 fully saturated rings. The summed E-state index contributed by atoms with van der Waals surface area (Å²) in [5.41, 5.74) is -0.458. The molecule has 6 nitrogen and oxygen atoms in total. The lowest BCUT2D eigenvalue weighted by atomic mass is 10.2. The molecule has 0 bridgehead atoms. The van der Waals surface area contributed by atoms with Crippen molar-refractivity contribution in [3.05, 3.63) is 18.2 Å². The fourth-order valence-electron chi connectivity index (χ4n) is 2.13. The van der Waals surface area contributed by atoms with Crippen molar-refractivity contribution in [2.24, 2.45) is 7.05 Å². The van der Waals surface area contributed by atoms with Gasteiger partial charge in [0.1, 0.15) is 11.4 Å². The minimum absolute atomic E-state index is 0.0567. The van der Waals surface area contributed by atoms with Crippen LogP contribution in [0.25, 0.3) is 0 Å². The number of imidazole rings is 1. The minimum atomic E-state index is -0.458. The number of carbonyl (C=O) groups is 1. The molecule has 2 heterocycles. The largest absolute Gasteiger partial charge is 0.444 e. The second-order valence-corrected chi connectivity index (χ2v) is 5.83. The lowest BCUT2D eigenvalue weighted by molar-refractivity contribution is 0.0191. The number of nitrogens with zero attached hydrogens (tertiary/aromatic N) is 3. The van der Waals surface area contributed by atoms with E-state index in [1.165, 1.54) is 0 Å². The van der Waals surface area contributed by atoms with Crippen molar-refractivity contribution in [3.8, 4) is 0 Å². The number of nitrogens with one attached hydrogen (secondary N) is 1. The normalized spacial score (nSPS) is 20.4. The summed E-state index contributed by atoms with van der Waals surface area (Å²) in [4.78, 5) is 18.1. The Morgan fingerprint density at radius 3 is 2.84 bits per heavy atom. The van der Waals surface area contributed by atoms with Crippen molar-refractivity contribution >= 4 is 6.09 Å². The molecule has 1 amide bonds. The molecule has 2 rings (SSSR count). The van der Waals surface area contributed by atoms with E-state index in [0.29, 0.717) is 13.1 Å². The van der Waals surface area contributed by atoms with Gasteiger partial charge in [0.25, 0.3) is 0 Å². The number of hydrogen-bond acceptors (Lipinski definition) is 4. The van der Waals surface area contributed by atoms with Gasteiger partial charge in [0, 0.05) is 39.1 Å². The average molecular weight is 266 g/mol. The maximum atomic E-state index is 12.1. The predicted molar refractivity (Wildman–Crippen MR) is 71.8 cm³/mol. The first kappa shape index (κ1) is 13.9. The second kappa shape index (κ2) is 5.21. The van der Waals surface area contributed by atoms with Crippen molar-refractivity contribution in [3.63, 3.8) is 0 Å². The van der Waals surface area contributed by atoms with E-state index in [4.69, 9.17) is 4.74 Å². The van der Waals surface area contributed by atoms with Crippen molar-refractivity contribution in [2.75, 3.05) is 19.6 Å². The molecule has 0 spiro atoms. The molecule has 6 heteroatoms. The molecule has 1 saturated heterocycles. The van der Waals surface area contributed by atoms with Gasteiger partial charge in [0.05, 0.1) is 6.04 Å².